The molecule has 0 unspecified atom stereocenters. The van der Waals surface area contributed by atoms with Crippen molar-refractivity contribution in [3.05, 3.63) is 47.7 Å². The fourth-order valence-electron chi connectivity index (χ4n) is 4.20. The van der Waals surface area contributed by atoms with Crippen molar-refractivity contribution in [3.8, 4) is 5.75 Å². The van der Waals surface area contributed by atoms with Crippen LogP contribution < -0.4 is 10.1 Å². The Morgan fingerprint density at radius 3 is 2.28 bits per heavy atom. The second-order valence-corrected chi connectivity index (χ2v) is 10.2. The Morgan fingerprint density at radius 1 is 1.14 bits per heavy atom. The third-order valence-corrected chi connectivity index (χ3v) is 6.03. The number of amides is 1. The van der Waals surface area contributed by atoms with Gasteiger partial charge in [0.05, 0.1) is 0 Å². The molecule has 2 N–H and O–H groups in total. The van der Waals surface area contributed by atoms with Gasteiger partial charge in [0.15, 0.2) is 0 Å². The van der Waals surface area contributed by atoms with Crippen LogP contribution in [0.25, 0.3) is 0 Å². The van der Waals surface area contributed by atoms with E-state index in [2.05, 4.69) is 28.9 Å². The Bertz CT molecular complexity index is 1070. The molecular weight excluding hydrogens is 466 g/mol. The van der Waals surface area contributed by atoms with Crippen LogP contribution in [0.2, 0.25) is 0 Å². The average Bonchev–Trinajstić information content (AvgIpc) is 2.73. The van der Waals surface area contributed by atoms with Crippen LogP contribution in [0.1, 0.15) is 71.4 Å². The number of hydrogen-bond acceptors (Lipinski definition) is 6. The molecule has 1 fully saturated rings. The topological polar surface area (TPSA) is 87.5 Å². The van der Waals surface area contributed by atoms with Crippen molar-refractivity contribution in [2.24, 2.45) is 5.92 Å². The summed E-state index contributed by atoms with van der Waals surface area (Å²) in [5.41, 5.74) is 2.24. The number of anilines is 2. The number of rotatable bonds is 9. The Morgan fingerprint density at radius 2 is 1.75 bits per heavy atom. The predicted octanol–water partition coefficient (Wildman–Crippen LogP) is 6.96. The van der Waals surface area contributed by atoms with Gasteiger partial charge in [-0.3, -0.25) is 0 Å². The molecule has 0 spiro atoms. The van der Waals surface area contributed by atoms with Gasteiger partial charge in [-0.25, -0.2) is 9.78 Å². The van der Waals surface area contributed by atoms with Gasteiger partial charge in [0.25, 0.3) is 0 Å². The molecule has 7 nitrogen and oxygen atoms in total. The third kappa shape index (κ3) is 6.92. The molecule has 1 aliphatic heterocycles. The van der Waals surface area contributed by atoms with Crippen molar-refractivity contribution in [1.29, 1.82) is 5.41 Å². The lowest BCUT2D eigenvalue weighted by Gasteiger charge is -2.41. The first-order valence-corrected chi connectivity index (χ1v) is 12.3. The number of nitrogens with one attached hydrogen (secondary N) is 2. The zero-order valence-corrected chi connectivity index (χ0v) is 21.8. The lowest BCUT2D eigenvalue weighted by atomic mass is 9.83. The van der Waals surface area contributed by atoms with Gasteiger partial charge < -0.3 is 25.1 Å². The Balaban J connectivity index is 1.87. The highest BCUT2D eigenvalue weighted by molar-refractivity contribution is 6.05. The number of alkyl halides is 2. The van der Waals surface area contributed by atoms with Gasteiger partial charge in [-0.1, -0.05) is 13.8 Å². The van der Waals surface area contributed by atoms with Gasteiger partial charge in [0, 0.05) is 55.0 Å². The van der Waals surface area contributed by atoms with Crippen molar-refractivity contribution < 1.29 is 23.0 Å². The van der Waals surface area contributed by atoms with Crippen LogP contribution in [0.3, 0.4) is 0 Å². The smallest absolute Gasteiger partial charge is 0.410 e. The van der Waals surface area contributed by atoms with Crippen LogP contribution in [-0.2, 0) is 4.74 Å². The van der Waals surface area contributed by atoms with E-state index in [-0.39, 0.29) is 23.7 Å². The van der Waals surface area contributed by atoms with Gasteiger partial charge in [-0.15, -0.1) is 0 Å². The molecular formula is C27H36F2N4O3. The first kappa shape index (κ1) is 27.4. The summed E-state index contributed by atoms with van der Waals surface area (Å²) in [6.07, 6.45) is -0.294. The molecule has 0 atom stereocenters. The summed E-state index contributed by atoms with van der Waals surface area (Å²) in [7, 11) is 0. The van der Waals surface area contributed by atoms with Gasteiger partial charge >= 0.3 is 12.2 Å². The van der Waals surface area contributed by atoms with E-state index >= 15 is 0 Å². The average molecular weight is 503 g/mol. The Kier molecular flexibility index (Phi) is 8.21. The Hall–Kier alpha value is -3.23. The predicted molar refractivity (Wildman–Crippen MR) is 137 cm³/mol. The zero-order valence-electron chi connectivity index (χ0n) is 21.8. The molecule has 0 radical (unpaired) electrons. The molecule has 9 heteroatoms. The largest absolute Gasteiger partial charge is 0.444 e. The number of benzene rings is 1. The SMILES string of the molecule is CCC(CC)C(=N)c1c(C2CN(C(=O)OC(C)(C)C)C2)ccnc1Nc1ccc(OC(C)(F)F)cc1. The molecule has 1 amide bonds. The fraction of sp³-hybridized carbons (Fsp3) is 0.519. The molecule has 1 aromatic carbocycles. The standard InChI is InChI=1S/C27H36F2N4O3/c1-7-17(8-2)23(30)22-21(18-15-33(16-18)25(34)36-26(3,4)5)13-14-31-24(22)32-19-9-11-20(12-10-19)35-27(6,28)29/h9-14,17-18,30H,7-8,15-16H2,1-6H3,(H,31,32). The summed E-state index contributed by atoms with van der Waals surface area (Å²) in [6, 6.07) is 8.09. The summed E-state index contributed by atoms with van der Waals surface area (Å²) in [5, 5.41) is 12.3. The molecule has 0 aliphatic carbocycles. The lowest BCUT2D eigenvalue weighted by molar-refractivity contribution is -0.158. The first-order chi connectivity index (χ1) is 16.8. The molecule has 2 aromatic rings. The molecule has 2 heterocycles. The van der Waals surface area contributed by atoms with Crippen molar-refractivity contribution in [3.63, 3.8) is 0 Å². The maximum atomic E-state index is 13.2. The van der Waals surface area contributed by atoms with Crippen LogP contribution in [-0.4, -0.2) is 46.5 Å². The van der Waals surface area contributed by atoms with E-state index in [9.17, 15) is 13.6 Å². The van der Waals surface area contributed by atoms with Crippen molar-refractivity contribution in [2.45, 2.75) is 72.0 Å². The number of nitrogens with zero attached hydrogens (tertiary/aromatic N) is 2. The highest BCUT2D eigenvalue weighted by Gasteiger charge is 2.37. The number of likely N-dealkylation sites (tertiary alicyclic amines) is 1. The van der Waals surface area contributed by atoms with Gasteiger partial charge in [0.1, 0.15) is 17.2 Å². The second-order valence-electron chi connectivity index (χ2n) is 10.2. The third-order valence-electron chi connectivity index (χ3n) is 6.03. The molecule has 196 valence electrons. The van der Waals surface area contributed by atoms with Gasteiger partial charge in [-0.05, 0) is 69.5 Å². The number of aromatic nitrogens is 1. The van der Waals surface area contributed by atoms with Gasteiger partial charge in [-0.2, -0.15) is 8.78 Å². The molecule has 1 aromatic heterocycles. The molecule has 0 saturated carbocycles. The van der Waals surface area contributed by atoms with E-state index in [0.717, 1.165) is 24.0 Å². The highest BCUT2D eigenvalue weighted by atomic mass is 19.3. The van der Waals surface area contributed by atoms with Crippen LogP contribution in [0.4, 0.5) is 25.1 Å². The fourth-order valence-corrected chi connectivity index (χ4v) is 4.20. The summed E-state index contributed by atoms with van der Waals surface area (Å²) >= 11 is 0. The van der Waals surface area contributed by atoms with Crippen LogP contribution in [0, 0.1) is 11.3 Å². The molecule has 36 heavy (non-hydrogen) atoms. The van der Waals surface area contributed by atoms with E-state index in [1.165, 1.54) is 12.1 Å². The van der Waals surface area contributed by atoms with Crippen molar-refractivity contribution in [2.75, 3.05) is 18.4 Å². The summed E-state index contributed by atoms with van der Waals surface area (Å²) < 4.78 is 36.4. The van der Waals surface area contributed by atoms with E-state index in [1.807, 2.05) is 26.8 Å². The Labute approximate surface area is 211 Å². The highest BCUT2D eigenvalue weighted by Crippen LogP contribution is 2.36. The number of halogens is 2. The summed E-state index contributed by atoms with van der Waals surface area (Å²) in [6.45, 7) is 11.3. The lowest BCUT2D eigenvalue weighted by Crippen LogP contribution is -2.50. The maximum absolute atomic E-state index is 13.2. The molecule has 1 aliphatic rings. The molecule has 3 rings (SSSR count). The minimum absolute atomic E-state index is 0.0494. The zero-order chi connectivity index (χ0) is 26.7. The van der Waals surface area contributed by atoms with E-state index < -0.39 is 11.7 Å². The molecule has 1 saturated heterocycles. The number of carbonyl (C=O) groups excluding carboxylic acids is 1. The van der Waals surface area contributed by atoms with E-state index in [4.69, 9.17) is 10.1 Å². The van der Waals surface area contributed by atoms with E-state index in [0.29, 0.717) is 37.2 Å². The summed E-state index contributed by atoms with van der Waals surface area (Å²) in [5.74, 6) is 0.678. The van der Waals surface area contributed by atoms with Crippen LogP contribution in [0.15, 0.2) is 36.5 Å². The second kappa shape index (κ2) is 10.8. The first-order valence-electron chi connectivity index (χ1n) is 12.3. The monoisotopic (exact) mass is 502 g/mol. The van der Waals surface area contributed by atoms with Gasteiger partial charge in [0.2, 0.25) is 0 Å². The van der Waals surface area contributed by atoms with Crippen LogP contribution >= 0.6 is 0 Å². The number of ether oxygens (including phenoxy) is 2. The van der Waals surface area contributed by atoms with Crippen molar-refractivity contribution >= 4 is 23.3 Å². The maximum Gasteiger partial charge on any atom is 0.410 e. The number of carbonyl (C=O) groups is 1. The van der Waals surface area contributed by atoms with Crippen LogP contribution in [0.5, 0.6) is 5.75 Å². The normalized spacial score (nSPS) is 14.4. The summed E-state index contributed by atoms with van der Waals surface area (Å²) in [4.78, 5) is 18.6. The van der Waals surface area contributed by atoms with E-state index in [1.54, 1.807) is 23.2 Å². The quantitative estimate of drug-likeness (QED) is 0.362. The minimum atomic E-state index is -3.27. The minimum Gasteiger partial charge on any atom is -0.444 e. The molecule has 0 bridgehead atoms. The number of hydrogen-bond donors (Lipinski definition) is 2. The van der Waals surface area contributed by atoms with Crippen molar-refractivity contribution in [1.82, 2.24) is 9.88 Å². The number of pyridine rings is 1.